The van der Waals surface area contributed by atoms with Crippen LogP contribution in [0.2, 0.25) is 0 Å². The van der Waals surface area contributed by atoms with Crippen LogP contribution in [0.1, 0.15) is 45.9 Å². The second kappa shape index (κ2) is 9.35. The van der Waals surface area contributed by atoms with Gasteiger partial charge in [-0.15, -0.1) is 0 Å². The first-order chi connectivity index (χ1) is 15.3. The van der Waals surface area contributed by atoms with Crippen molar-refractivity contribution in [3.8, 4) is 11.1 Å². The highest BCUT2D eigenvalue weighted by Crippen LogP contribution is 2.33. The molecule has 176 valence electrons. The van der Waals surface area contributed by atoms with Crippen LogP contribution in [0.25, 0.3) is 11.1 Å². The number of amides is 2. The molecule has 8 nitrogen and oxygen atoms in total. The Bertz CT molecular complexity index is 1200. The Labute approximate surface area is 194 Å². The van der Waals surface area contributed by atoms with Crippen LogP contribution >= 0.6 is 0 Å². The zero-order chi connectivity index (χ0) is 24.4. The molecule has 0 saturated carbocycles. The standard InChI is InChI=1S/C24H29N3O5S/c1-15-7-6-8-20(27-23(29)32-24(2,3)4)21-13-16(11-12-25-21)18-14-17(33(5,30)31)9-10-19(18)26-22(15)28/h6-7,9-15,20H,8H2,1-5H3,(H,26,28)(H,27,29)/t15-,20+/m1/s1. The molecule has 0 spiro atoms. The molecule has 0 saturated heterocycles. The predicted molar refractivity (Wildman–Crippen MR) is 126 cm³/mol. The summed E-state index contributed by atoms with van der Waals surface area (Å²) in [6.45, 7) is 7.10. The third kappa shape index (κ3) is 6.41. The molecule has 2 amide bonds. The first-order valence-corrected chi connectivity index (χ1v) is 12.5. The number of pyridine rings is 1. The lowest BCUT2D eigenvalue weighted by Crippen LogP contribution is -2.35. The molecule has 1 aromatic heterocycles. The molecule has 2 bridgehead atoms. The minimum absolute atomic E-state index is 0.136. The number of hydrogen-bond acceptors (Lipinski definition) is 6. The molecule has 0 unspecified atom stereocenters. The number of hydrogen-bond donors (Lipinski definition) is 2. The number of rotatable bonds is 2. The Kier molecular flexibility index (Phi) is 6.92. The van der Waals surface area contributed by atoms with Gasteiger partial charge in [-0.25, -0.2) is 13.2 Å². The van der Waals surface area contributed by atoms with E-state index in [1.54, 1.807) is 58.2 Å². The molecular formula is C24H29N3O5S. The van der Waals surface area contributed by atoms with Gasteiger partial charge in [-0.1, -0.05) is 19.1 Å². The molecule has 2 atom stereocenters. The van der Waals surface area contributed by atoms with E-state index in [1.165, 1.54) is 12.1 Å². The highest BCUT2D eigenvalue weighted by Gasteiger charge is 2.23. The van der Waals surface area contributed by atoms with Crippen molar-refractivity contribution < 1.29 is 22.7 Å². The molecule has 3 rings (SSSR count). The topological polar surface area (TPSA) is 114 Å². The second-order valence-corrected chi connectivity index (χ2v) is 11.1. The number of alkyl carbamates (subject to hydrolysis) is 1. The molecule has 0 radical (unpaired) electrons. The fraction of sp³-hybridized carbons (Fsp3) is 0.375. The van der Waals surface area contributed by atoms with E-state index in [0.717, 1.165) is 6.26 Å². The molecule has 33 heavy (non-hydrogen) atoms. The highest BCUT2D eigenvalue weighted by molar-refractivity contribution is 7.90. The van der Waals surface area contributed by atoms with E-state index in [4.69, 9.17) is 4.74 Å². The third-order valence-electron chi connectivity index (χ3n) is 5.03. The monoisotopic (exact) mass is 471 g/mol. The number of carbonyl (C=O) groups is 2. The van der Waals surface area contributed by atoms with Crippen LogP contribution < -0.4 is 10.6 Å². The summed E-state index contributed by atoms with van der Waals surface area (Å²) in [6, 6.07) is 7.59. The van der Waals surface area contributed by atoms with Crippen LogP contribution in [-0.4, -0.2) is 37.3 Å². The summed E-state index contributed by atoms with van der Waals surface area (Å²) in [7, 11) is -3.46. The average molecular weight is 472 g/mol. The Morgan fingerprint density at radius 2 is 1.94 bits per heavy atom. The van der Waals surface area contributed by atoms with Crippen LogP contribution in [0, 0.1) is 5.92 Å². The van der Waals surface area contributed by atoms with Gasteiger partial charge in [0.25, 0.3) is 0 Å². The normalized spacial score (nSPS) is 18.9. The van der Waals surface area contributed by atoms with Crippen molar-refractivity contribution in [2.24, 2.45) is 5.92 Å². The number of benzene rings is 1. The fourth-order valence-corrected chi connectivity index (χ4v) is 4.01. The number of anilines is 1. The Morgan fingerprint density at radius 1 is 1.21 bits per heavy atom. The highest BCUT2D eigenvalue weighted by atomic mass is 32.2. The van der Waals surface area contributed by atoms with Crippen molar-refractivity contribution in [2.75, 3.05) is 11.6 Å². The van der Waals surface area contributed by atoms with Crippen molar-refractivity contribution in [2.45, 2.75) is 50.7 Å². The van der Waals surface area contributed by atoms with E-state index >= 15 is 0 Å². The number of aromatic nitrogens is 1. The smallest absolute Gasteiger partial charge is 0.408 e. The number of fused-ring (bicyclic) bond motifs is 4. The van der Waals surface area contributed by atoms with Crippen LogP contribution in [0.15, 0.2) is 53.6 Å². The Hall–Kier alpha value is -3.20. The van der Waals surface area contributed by atoms with Gasteiger partial charge < -0.3 is 15.4 Å². The summed E-state index contributed by atoms with van der Waals surface area (Å²) < 4.78 is 29.7. The van der Waals surface area contributed by atoms with Gasteiger partial charge in [0.05, 0.1) is 22.5 Å². The molecule has 1 aromatic carbocycles. The molecule has 0 aliphatic carbocycles. The zero-order valence-electron chi connectivity index (χ0n) is 19.4. The summed E-state index contributed by atoms with van der Waals surface area (Å²) in [6.07, 6.45) is 6.12. The third-order valence-corrected chi connectivity index (χ3v) is 6.14. The summed E-state index contributed by atoms with van der Waals surface area (Å²) in [5, 5.41) is 5.74. The molecule has 0 fully saturated rings. The zero-order valence-corrected chi connectivity index (χ0v) is 20.2. The van der Waals surface area contributed by atoms with Gasteiger partial charge in [0.2, 0.25) is 5.91 Å². The first-order valence-electron chi connectivity index (χ1n) is 10.6. The predicted octanol–water partition coefficient (Wildman–Crippen LogP) is 4.25. The summed E-state index contributed by atoms with van der Waals surface area (Å²) in [5.41, 5.74) is 1.62. The van der Waals surface area contributed by atoms with Gasteiger partial charge in [-0.2, -0.15) is 0 Å². The number of nitrogens with one attached hydrogen (secondary N) is 2. The molecular weight excluding hydrogens is 442 g/mol. The molecule has 2 heterocycles. The molecule has 2 aromatic rings. The van der Waals surface area contributed by atoms with Crippen LogP contribution in [-0.2, 0) is 19.4 Å². The van der Waals surface area contributed by atoms with Gasteiger partial charge >= 0.3 is 6.09 Å². The minimum atomic E-state index is -3.46. The molecule has 2 N–H and O–H groups in total. The summed E-state index contributed by atoms with van der Waals surface area (Å²) in [5.74, 6) is -0.675. The number of nitrogens with zero attached hydrogens (tertiary/aromatic N) is 1. The van der Waals surface area contributed by atoms with E-state index in [1.807, 2.05) is 6.08 Å². The SMILES string of the molecule is C[C@@H]1C=CC[C@H](NC(=O)OC(C)(C)C)c2cc(ccn2)-c2cc(S(C)(=O)=O)ccc2NC1=O. The summed E-state index contributed by atoms with van der Waals surface area (Å²) in [4.78, 5) is 29.8. The Morgan fingerprint density at radius 3 is 2.61 bits per heavy atom. The van der Waals surface area contributed by atoms with E-state index in [-0.39, 0.29) is 10.8 Å². The van der Waals surface area contributed by atoms with Crippen LogP contribution in [0.3, 0.4) is 0 Å². The van der Waals surface area contributed by atoms with Crippen molar-refractivity contribution in [3.63, 3.8) is 0 Å². The minimum Gasteiger partial charge on any atom is -0.444 e. The first kappa shape index (κ1) is 24.4. The number of sulfone groups is 1. The maximum absolute atomic E-state index is 12.7. The maximum atomic E-state index is 12.7. The number of carbonyl (C=O) groups excluding carboxylic acids is 2. The summed E-state index contributed by atoms with van der Waals surface area (Å²) >= 11 is 0. The second-order valence-electron chi connectivity index (χ2n) is 9.09. The molecule has 1 aliphatic heterocycles. The molecule has 1 aliphatic rings. The van der Waals surface area contributed by atoms with Gasteiger partial charge in [0.15, 0.2) is 9.84 Å². The van der Waals surface area contributed by atoms with Crippen molar-refractivity contribution in [1.29, 1.82) is 0 Å². The van der Waals surface area contributed by atoms with Gasteiger partial charge in [-0.05, 0) is 63.1 Å². The van der Waals surface area contributed by atoms with Gasteiger partial charge in [0, 0.05) is 23.7 Å². The lowest BCUT2D eigenvalue weighted by Gasteiger charge is -2.24. The average Bonchev–Trinajstić information content (AvgIpc) is 2.70. The quantitative estimate of drug-likeness (QED) is 0.633. The number of ether oxygens (including phenoxy) is 1. The van der Waals surface area contributed by atoms with Crippen molar-refractivity contribution >= 4 is 27.5 Å². The largest absolute Gasteiger partial charge is 0.444 e. The Balaban J connectivity index is 2.12. The van der Waals surface area contributed by atoms with Crippen molar-refractivity contribution in [3.05, 3.63) is 54.4 Å². The maximum Gasteiger partial charge on any atom is 0.408 e. The molecule has 9 heteroatoms. The van der Waals surface area contributed by atoms with Crippen molar-refractivity contribution in [1.82, 2.24) is 10.3 Å². The lowest BCUT2D eigenvalue weighted by molar-refractivity contribution is -0.118. The van der Waals surface area contributed by atoms with Crippen LogP contribution in [0.5, 0.6) is 0 Å². The van der Waals surface area contributed by atoms with Gasteiger partial charge in [0.1, 0.15) is 5.60 Å². The van der Waals surface area contributed by atoms with Gasteiger partial charge in [-0.3, -0.25) is 9.78 Å². The van der Waals surface area contributed by atoms with Crippen LogP contribution in [0.4, 0.5) is 10.5 Å². The van der Waals surface area contributed by atoms with E-state index in [2.05, 4.69) is 15.6 Å². The van der Waals surface area contributed by atoms with E-state index in [9.17, 15) is 18.0 Å². The fourth-order valence-electron chi connectivity index (χ4n) is 3.36. The van der Waals surface area contributed by atoms with E-state index in [0.29, 0.717) is 28.9 Å². The lowest BCUT2D eigenvalue weighted by atomic mass is 9.99. The van der Waals surface area contributed by atoms with E-state index < -0.39 is 33.5 Å².